The molecule has 0 heterocycles. The lowest BCUT2D eigenvalue weighted by Crippen LogP contribution is -2.31. The highest BCUT2D eigenvalue weighted by molar-refractivity contribution is 5.76. The molecule has 0 aliphatic carbocycles. The van der Waals surface area contributed by atoms with Crippen LogP contribution in [-0.4, -0.2) is 18.9 Å². The molecule has 0 aromatic heterocycles. The van der Waals surface area contributed by atoms with Gasteiger partial charge in [0.15, 0.2) is 0 Å². The molecule has 0 bridgehead atoms. The van der Waals surface area contributed by atoms with Crippen LogP contribution in [0.4, 0.5) is 4.79 Å². The minimum Gasteiger partial charge on any atom is -0.341 e. The Hall–Kier alpha value is -1.84. The van der Waals surface area contributed by atoms with Gasteiger partial charge in [0.1, 0.15) is 5.78 Å². The summed E-state index contributed by atoms with van der Waals surface area (Å²) in [5.41, 5.74) is 0.624. The summed E-state index contributed by atoms with van der Waals surface area (Å²) in [4.78, 5) is 21.1. The van der Waals surface area contributed by atoms with Crippen molar-refractivity contribution in [2.24, 2.45) is 5.92 Å². The largest absolute Gasteiger partial charge is 0.341 e. The number of hydrogen-bond acceptors (Lipinski definition) is 2. The van der Waals surface area contributed by atoms with Gasteiger partial charge in [-0.2, -0.15) is 0 Å². The minimum absolute atomic E-state index is 0.266. The van der Waals surface area contributed by atoms with E-state index in [9.17, 15) is 9.59 Å². The fourth-order valence-electron chi connectivity index (χ4n) is 0.973. The van der Waals surface area contributed by atoms with Gasteiger partial charge in [-0.25, -0.2) is 4.79 Å². The molecule has 0 atom stereocenters. The van der Waals surface area contributed by atoms with Gasteiger partial charge in [0.2, 0.25) is 0 Å². The highest BCUT2D eigenvalue weighted by atomic mass is 16.2. The smallest absolute Gasteiger partial charge is 0.318 e. The molecule has 2 amide bonds. The molecule has 0 saturated carbocycles. The van der Waals surface area contributed by atoms with Gasteiger partial charge in [0.05, 0.1) is 0 Å². The second-order valence-electron chi connectivity index (χ2n) is 4.40. The SMILES string of the molecule is C=C/C=C(\C=C)NC(=O)NC.CC.CC(=O)CCC(C)C. The van der Waals surface area contributed by atoms with Crippen LogP contribution in [0, 0.1) is 5.92 Å². The van der Waals surface area contributed by atoms with Crippen LogP contribution in [0.2, 0.25) is 0 Å². The van der Waals surface area contributed by atoms with Gasteiger partial charge in [0.25, 0.3) is 0 Å². The molecule has 122 valence electrons. The second-order valence-corrected chi connectivity index (χ2v) is 4.40. The maximum atomic E-state index is 10.7. The summed E-state index contributed by atoms with van der Waals surface area (Å²) in [7, 11) is 1.55. The standard InChI is InChI=1S/C8H12N2O.C7H14O.C2H6/c1-4-6-7(5-2)10-8(11)9-3;1-6(2)4-5-7(3)8;1-2/h4-6H,1-2H2,3H3,(H2,9,10,11);6H,4-5H2,1-3H3;1-2H3/b7-6+;;. The van der Waals surface area contributed by atoms with Crippen molar-refractivity contribution in [1.29, 1.82) is 0 Å². The van der Waals surface area contributed by atoms with Crippen LogP contribution in [0.1, 0.15) is 47.5 Å². The number of Topliss-reactive ketones (excluding diaryl/α,β-unsaturated/α-hetero) is 1. The van der Waals surface area contributed by atoms with Crippen LogP contribution in [0.25, 0.3) is 0 Å². The molecule has 21 heavy (non-hydrogen) atoms. The Morgan fingerprint density at radius 2 is 1.71 bits per heavy atom. The van der Waals surface area contributed by atoms with Crippen molar-refractivity contribution in [3.63, 3.8) is 0 Å². The zero-order valence-corrected chi connectivity index (χ0v) is 14.5. The first-order chi connectivity index (χ1) is 9.87. The van der Waals surface area contributed by atoms with Crippen molar-refractivity contribution in [3.05, 3.63) is 37.1 Å². The average Bonchev–Trinajstić information content (AvgIpc) is 2.47. The van der Waals surface area contributed by atoms with Crippen LogP contribution >= 0.6 is 0 Å². The van der Waals surface area contributed by atoms with Gasteiger partial charge in [-0.05, 0) is 31.4 Å². The zero-order chi connectivity index (χ0) is 17.3. The number of rotatable bonds is 6. The lowest BCUT2D eigenvalue weighted by molar-refractivity contribution is -0.117. The van der Waals surface area contributed by atoms with Gasteiger partial charge >= 0.3 is 6.03 Å². The third kappa shape index (κ3) is 23.7. The molecule has 0 fully saturated rings. The predicted molar refractivity (Wildman–Crippen MR) is 92.2 cm³/mol. The first-order valence-corrected chi connectivity index (χ1v) is 7.30. The Balaban J connectivity index is -0.000000286. The van der Waals surface area contributed by atoms with Gasteiger partial charge < -0.3 is 15.4 Å². The Morgan fingerprint density at radius 1 is 1.19 bits per heavy atom. The van der Waals surface area contributed by atoms with Crippen LogP contribution in [-0.2, 0) is 4.79 Å². The number of hydrogen-bond donors (Lipinski definition) is 2. The summed E-state index contributed by atoms with van der Waals surface area (Å²) in [6.07, 6.45) is 6.55. The summed E-state index contributed by atoms with van der Waals surface area (Å²) < 4.78 is 0. The normalized spacial score (nSPS) is 9.38. The van der Waals surface area contributed by atoms with Crippen LogP contribution < -0.4 is 10.6 Å². The fourth-order valence-corrected chi connectivity index (χ4v) is 0.973. The average molecular weight is 296 g/mol. The lowest BCUT2D eigenvalue weighted by atomic mass is 10.1. The van der Waals surface area contributed by atoms with E-state index in [0.29, 0.717) is 17.4 Å². The van der Waals surface area contributed by atoms with E-state index in [2.05, 4.69) is 37.6 Å². The van der Waals surface area contributed by atoms with Gasteiger partial charge in [-0.3, -0.25) is 0 Å². The van der Waals surface area contributed by atoms with E-state index in [-0.39, 0.29) is 6.03 Å². The van der Waals surface area contributed by atoms with E-state index in [4.69, 9.17) is 0 Å². The number of allylic oxidation sites excluding steroid dienone is 3. The first-order valence-electron chi connectivity index (χ1n) is 7.30. The van der Waals surface area contributed by atoms with Crippen LogP contribution in [0.3, 0.4) is 0 Å². The first kappa shape index (κ1) is 24.2. The Bertz CT molecular complexity index is 332. The summed E-state index contributed by atoms with van der Waals surface area (Å²) in [6, 6.07) is -0.266. The third-order valence-corrected chi connectivity index (χ3v) is 2.08. The predicted octanol–water partition coefficient (Wildman–Crippen LogP) is 4.21. The summed E-state index contributed by atoms with van der Waals surface area (Å²) >= 11 is 0. The number of ketones is 1. The monoisotopic (exact) mass is 296 g/mol. The minimum atomic E-state index is -0.266. The lowest BCUT2D eigenvalue weighted by Gasteiger charge is -2.02. The molecule has 4 heteroatoms. The van der Waals surface area contributed by atoms with E-state index < -0.39 is 0 Å². The van der Waals surface area contributed by atoms with Crippen molar-refractivity contribution in [3.8, 4) is 0 Å². The summed E-state index contributed by atoms with van der Waals surface area (Å²) in [5.74, 6) is 0.970. The number of urea groups is 1. The molecule has 0 unspecified atom stereocenters. The van der Waals surface area contributed by atoms with Gasteiger partial charge in [0, 0.05) is 19.2 Å². The summed E-state index contributed by atoms with van der Waals surface area (Å²) in [5, 5.41) is 4.95. The molecule has 4 nitrogen and oxygen atoms in total. The third-order valence-electron chi connectivity index (χ3n) is 2.08. The topological polar surface area (TPSA) is 58.2 Å². The molecule has 0 aromatic rings. The molecule has 0 spiro atoms. The van der Waals surface area contributed by atoms with E-state index in [1.165, 1.54) is 6.08 Å². The molecule has 0 aromatic carbocycles. The van der Waals surface area contributed by atoms with Crippen molar-refractivity contribution < 1.29 is 9.59 Å². The molecular formula is C17H32N2O2. The quantitative estimate of drug-likeness (QED) is 0.721. The van der Waals surface area contributed by atoms with E-state index in [1.54, 1.807) is 26.1 Å². The van der Waals surface area contributed by atoms with E-state index in [1.807, 2.05) is 13.8 Å². The Morgan fingerprint density at radius 3 is 1.95 bits per heavy atom. The number of nitrogens with one attached hydrogen (secondary N) is 2. The Labute approximate surface area is 130 Å². The van der Waals surface area contributed by atoms with E-state index in [0.717, 1.165) is 12.8 Å². The maximum Gasteiger partial charge on any atom is 0.318 e. The maximum absolute atomic E-state index is 10.7. The number of carbonyl (C=O) groups excluding carboxylic acids is 2. The molecule has 0 rings (SSSR count). The molecule has 0 saturated heterocycles. The van der Waals surface area contributed by atoms with Gasteiger partial charge in [-0.15, -0.1) is 0 Å². The van der Waals surface area contributed by atoms with E-state index >= 15 is 0 Å². The van der Waals surface area contributed by atoms with Crippen molar-refractivity contribution in [2.45, 2.75) is 47.5 Å². The van der Waals surface area contributed by atoms with Crippen LogP contribution in [0.15, 0.2) is 37.1 Å². The molecule has 0 aliphatic heterocycles. The van der Waals surface area contributed by atoms with Crippen molar-refractivity contribution in [1.82, 2.24) is 10.6 Å². The molecule has 0 aliphatic rings. The number of carbonyl (C=O) groups is 2. The second kappa shape index (κ2) is 18.2. The van der Waals surface area contributed by atoms with Crippen molar-refractivity contribution >= 4 is 11.8 Å². The molecular weight excluding hydrogens is 264 g/mol. The number of amides is 2. The highest BCUT2D eigenvalue weighted by Gasteiger charge is 1.95. The molecule has 2 N–H and O–H groups in total. The Kier molecular flexibility index (Phi) is 20.9. The highest BCUT2D eigenvalue weighted by Crippen LogP contribution is 2.02. The zero-order valence-electron chi connectivity index (χ0n) is 14.5. The van der Waals surface area contributed by atoms with Gasteiger partial charge in [-0.1, -0.05) is 46.9 Å². The van der Waals surface area contributed by atoms with Crippen molar-refractivity contribution in [2.75, 3.05) is 7.05 Å². The summed E-state index contributed by atoms with van der Waals surface area (Å²) in [6.45, 7) is 16.9. The van der Waals surface area contributed by atoms with Crippen LogP contribution in [0.5, 0.6) is 0 Å². The fraction of sp³-hybridized carbons (Fsp3) is 0.529. The molecule has 0 radical (unpaired) electrons.